The lowest BCUT2D eigenvalue weighted by molar-refractivity contribution is -0.131. The van der Waals surface area contributed by atoms with Crippen LogP contribution in [0.25, 0.3) is 0 Å². The molecule has 23 heavy (non-hydrogen) atoms. The van der Waals surface area contributed by atoms with Gasteiger partial charge in [0.25, 0.3) is 0 Å². The van der Waals surface area contributed by atoms with Crippen LogP contribution in [0.2, 0.25) is 0 Å². The van der Waals surface area contributed by atoms with Crippen LogP contribution in [0.3, 0.4) is 0 Å². The van der Waals surface area contributed by atoms with E-state index in [4.69, 9.17) is 0 Å². The second-order valence-electron chi connectivity index (χ2n) is 6.57. The van der Waals surface area contributed by atoms with Gasteiger partial charge in [-0.05, 0) is 31.2 Å². The topological polar surface area (TPSA) is 23.6 Å². The second kappa shape index (κ2) is 7.73. The molecule has 1 aromatic carbocycles. The molecule has 0 bridgehead atoms. The van der Waals surface area contributed by atoms with E-state index in [1.165, 1.54) is 6.07 Å². The molecule has 1 unspecified atom stereocenters. The molecule has 0 aromatic heterocycles. The highest BCUT2D eigenvalue weighted by molar-refractivity contribution is 5.76. The van der Waals surface area contributed by atoms with E-state index in [0.29, 0.717) is 18.9 Å². The first kappa shape index (κ1) is 16.2. The molecule has 0 spiro atoms. The minimum absolute atomic E-state index is 0.141. The van der Waals surface area contributed by atoms with E-state index in [1.54, 1.807) is 6.07 Å². The third-order valence-corrected chi connectivity index (χ3v) is 4.84. The smallest absolute Gasteiger partial charge is 0.223 e. The summed E-state index contributed by atoms with van der Waals surface area (Å²) in [6.07, 6.45) is 8.18. The van der Waals surface area contributed by atoms with Gasteiger partial charge >= 0.3 is 0 Å². The Balaban J connectivity index is 1.51. The molecule has 4 heteroatoms. The third kappa shape index (κ3) is 4.41. The van der Waals surface area contributed by atoms with E-state index in [2.05, 4.69) is 17.1 Å². The van der Waals surface area contributed by atoms with Crippen molar-refractivity contribution in [2.45, 2.75) is 32.2 Å². The number of hydrogen-bond donors (Lipinski definition) is 0. The van der Waals surface area contributed by atoms with Crippen molar-refractivity contribution in [2.75, 3.05) is 26.2 Å². The van der Waals surface area contributed by atoms with E-state index >= 15 is 0 Å². The predicted molar refractivity (Wildman–Crippen MR) is 89.4 cm³/mol. The summed E-state index contributed by atoms with van der Waals surface area (Å²) in [6, 6.07) is 6.95. The standard InChI is InChI=1S/C19H25FN2O/c20-18-9-4-3-8-17(18)15-21-10-5-11-22(13-12-21)19(23)14-16-6-1-2-7-16/h1,3-4,6,8-9,16H,2,5,7,10-15H2. The van der Waals surface area contributed by atoms with E-state index in [-0.39, 0.29) is 11.7 Å². The molecule has 1 fully saturated rings. The van der Waals surface area contributed by atoms with Crippen LogP contribution < -0.4 is 0 Å². The Morgan fingerprint density at radius 3 is 2.83 bits per heavy atom. The number of amides is 1. The molecule has 3 rings (SSSR count). The number of allylic oxidation sites excluding steroid dienone is 2. The van der Waals surface area contributed by atoms with Gasteiger partial charge in [0.1, 0.15) is 5.82 Å². The van der Waals surface area contributed by atoms with Crippen LogP contribution in [0, 0.1) is 11.7 Å². The number of carbonyl (C=O) groups excluding carboxylic acids is 1. The Labute approximate surface area is 137 Å². The molecule has 1 amide bonds. The fraction of sp³-hybridized carbons (Fsp3) is 0.526. The van der Waals surface area contributed by atoms with Gasteiger partial charge in [0.2, 0.25) is 5.91 Å². The van der Waals surface area contributed by atoms with Gasteiger partial charge in [-0.2, -0.15) is 0 Å². The Morgan fingerprint density at radius 2 is 2.04 bits per heavy atom. The number of hydrogen-bond acceptors (Lipinski definition) is 2. The predicted octanol–water partition coefficient (Wildman–Crippen LogP) is 3.22. The number of nitrogens with zero attached hydrogens (tertiary/aromatic N) is 2. The van der Waals surface area contributed by atoms with Crippen molar-refractivity contribution < 1.29 is 9.18 Å². The first-order chi connectivity index (χ1) is 11.2. The van der Waals surface area contributed by atoms with Gasteiger partial charge < -0.3 is 4.90 Å². The van der Waals surface area contributed by atoms with E-state index in [9.17, 15) is 9.18 Å². The highest BCUT2D eigenvalue weighted by Gasteiger charge is 2.22. The molecule has 2 aliphatic rings. The molecule has 1 aliphatic carbocycles. The third-order valence-electron chi connectivity index (χ3n) is 4.84. The molecule has 3 nitrogen and oxygen atoms in total. The van der Waals surface area contributed by atoms with Gasteiger partial charge in [-0.3, -0.25) is 9.69 Å². The van der Waals surface area contributed by atoms with Gasteiger partial charge in [0.15, 0.2) is 0 Å². The highest BCUT2D eigenvalue weighted by atomic mass is 19.1. The van der Waals surface area contributed by atoms with Gasteiger partial charge in [0, 0.05) is 44.7 Å². The van der Waals surface area contributed by atoms with Crippen LogP contribution in [0.15, 0.2) is 36.4 Å². The van der Waals surface area contributed by atoms with Gasteiger partial charge in [-0.15, -0.1) is 0 Å². The average Bonchev–Trinajstić information content (AvgIpc) is 2.94. The molecule has 1 atom stereocenters. The van der Waals surface area contributed by atoms with Crippen LogP contribution in [-0.2, 0) is 11.3 Å². The average molecular weight is 316 g/mol. The Kier molecular flexibility index (Phi) is 5.44. The van der Waals surface area contributed by atoms with Gasteiger partial charge in [-0.25, -0.2) is 4.39 Å². The quantitative estimate of drug-likeness (QED) is 0.796. The van der Waals surface area contributed by atoms with Crippen molar-refractivity contribution in [3.05, 3.63) is 47.8 Å². The summed E-state index contributed by atoms with van der Waals surface area (Å²) in [5, 5.41) is 0. The summed E-state index contributed by atoms with van der Waals surface area (Å²) >= 11 is 0. The number of halogens is 1. The molecule has 0 saturated carbocycles. The first-order valence-electron chi connectivity index (χ1n) is 8.62. The summed E-state index contributed by atoms with van der Waals surface area (Å²) in [4.78, 5) is 16.7. The minimum Gasteiger partial charge on any atom is -0.341 e. The Hall–Kier alpha value is -1.68. The normalized spacial score (nSPS) is 22.3. The summed E-state index contributed by atoms with van der Waals surface area (Å²) in [7, 11) is 0. The minimum atomic E-state index is -0.141. The molecule has 1 aliphatic heterocycles. The van der Waals surface area contributed by atoms with Crippen molar-refractivity contribution in [3.63, 3.8) is 0 Å². The van der Waals surface area contributed by atoms with Crippen LogP contribution in [0.1, 0.15) is 31.2 Å². The molecule has 1 heterocycles. The zero-order chi connectivity index (χ0) is 16.1. The summed E-state index contributed by atoms with van der Waals surface area (Å²) in [6.45, 7) is 3.94. The lowest BCUT2D eigenvalue weighted by Gasteiger charge is -2.23. The van der Waals surface area contributed by atoms with E-state index in [1.807, 2.05) is 17.0 Å². The van der Waals surface area contributed by atoms with E-state index in [0.717, 1.165) is 51.0 Å². The van der Waals surface area contributed by atoms with Crippen LogP contribution >= 0.6 is 0 Å². The summed E-state index contributed by atoms with van der Waals surface area (Å²) in [5.74, 6) is 0.562. The largest absolute Gasteiger partial charge is 0.341 e. The van der Waals surface area contributed by atoms with Crippen molar-refractivity contribution in [3.8, 4) is 0 Å². The van der Waals surface area contributed by atoms with E-state index < -0.39 is 0 Å². The number of carbonyl (C=O) groups is 1. The Morgan fingerprint density at radius 1 is 1.17 bits per heavy atom. The van der Waals surface area contributed by atoms with Crippen molar-refractivity contribution >= 4 is 5.91 Å². The zero-order valence-electron chi connectivity index (χ0n) is 13.6. The van der Waals surface area contributed by atoms with Crippen LogP contribution in [-0.4, -0.2) is 41.9 Å². The maximum absolute atomic E-state index is 13.8. The van der Waals surface area contributed by atoms with Gasteiger partial charge in [-0.1, -0.05) is 30.4 Å². The fourth-order valence-corrected chi connectivity index (χ4v) is 3.46. The highest BCUT2D eigenvalue weighted by Crippen LogP contribution is 2.22. The number of rotatable bonds is 4. The van der Waals surface area contributed by atoms with Crippen molar-refractivity contribution in [1.29, 1.82) is 0 Å². The second-order valence-corrected chi connectivity index (χ2v) is 6.57. The molecule has 124 valence electrons. The molecular weight excluding hydrogens is 291 g/mol. The lowest BCUT2D eigenvalue weighted by atomic mass is 10.0. The monoisotopic (exact) mass is 316 g/mol. The van der Waals surface area contributed by atoms with Crippen molar-refractivity contribution in [2.24, 2.45) is 5.92 Å². The number of benzene rings is 1. The lowest BCUT2D eigenvalue weighted by Crippen LogP contribution is -2.35. The molecule has 0 radical (unpaired) electrons. The molecular formula is C19H25FN2O. The zero-order valence-corrected chi connectivity index (χ0v) is 13.6. The summed E-state index contributed by atoms with van der Waals surface area (Å²) < 4.78 is 13.8. The fourth-order valence-electron chi connectivity index (χ4n) is 3.46. The van der Waals surface area contributed by atoms with Crippen LogP contribution in [0.4, 0.5) is 4.39 Å². The molecule has 1 saturated heterocycles. The van der Waals surface area contributed by atoms with Gasteiger partial charge in [0.05, 0.1) is 0 Å². The first-order valence-corrected chi connectivity index (χ1v) is 8.62. The Bertz CT molecular complexity index is 572. The molecule has 1 aromatic rings. The SMILES string of the molecule is O=C(CC1C=CCC1)N1CCCN(Cc2ccccc2F)CC1. The molecule has 0 N–H and O–H groups in total. The van der Waals surface area contributed by atoms with Crippen molar-refractivity contribution in [1.82, 2.24) is 9.80 Å². The summed E-state index contributed by atoms with van der Waals surface area (Å²) in [5.41, 5.74) is 0.739. The maximum Gasteiger partial charge on any atom is 0.223 e. The van der Waals surface area contributed by atoms with Crippen LogP contribution in [0.5, 0.6) is 0 Å². The maximum atomic E-state index is 13.8.